The van der Waals surface area contributed by atoms with E-state index in [9.17, 15) is 20.2 Å². The van der Waals surface area contributed by atoms with Gasteiger partial charge >= 0.3 is 5.91 Å². The van der Waals surface area contributed by atoms with Gasteiger partial charge in [-0.2, -0.15) is 5.26 Å². The minimum atomic E-state index is -0.880. The van der Waals surface area contributed by atoms with Crippen LogP contribution in [0.15, 0.2) is 46.9 Å². The van der Waals surface area contributed by atoms with Gasteiger partial charge in [0.1, 0.15) is 17.8 Å². The van der Waals surface area contributed by atoms with E-state index in [2.05, 4.69) is 33.0 Å². The second-order valence-electron chi connectivity index (χ2n) is 7.65. The molecule has 4 rings (SSSR count). The third-order valence-electron chi connectivity index (χ3n) is 5.13. The van der Waals surface area contributed by atoms with E-state index in [-0.39, 0.29) is 24.7 Å². The largest absolute Gasteiger partial charge is 0.432 e. The summed E-state index contributed by atoms with van der Waals surface area (Å²) in [5.74, 6) is 5.17. The molecule has 0 spiro atoms. The molecule has 0 unspecified atom stereocenters. The van der Waals surface area contributed by atoms with E-state index in [0.29, 0.717) is 45.3 Å². The zero-order chi connectivity index (χ0) is 25.0. The Morgan fingerprint density at radius 1 is 1.26 bits per heavy atom. The fourth-order valence-electron chi connectivity index (χ4n) is 3.18. The molecule has 1 aliphatic rings. The Bertz CT molecular complexity index is 1400. The van der Waals surface area contributed by atoms with Crippen LogP contribution in [0, 0.1) is 33.3 Å². The molecular formula is C24H16Cl2N4O5. The first-order valence-corrected chi connectivity index (χ1v) is 11.1. The Morgan fingerprint density at radius 3 is 2.63 bits per heavy atom. The lowest BCUT2D eigenvalue weighted by Gasteiger charge is -2.06. The molecule has 9 nitrogen and oxygen atoms in total. The van der Waals surface area contributed by atoms with Crippen LogP contribution in [0.5, 0.6) is 0 Å². The van der Waals surface area contributed by atoms with E-state index in [0.717, 1.165) is 0 Å². The van der Waals surface area contributed by atoms with Gasteiger partial charge in [0.25, 0.3) is 11.0 Å². The number of oxazole rings is 1. The van der Waals surface area contributed by atoms with Crippen molar-refractivity contribution < 1.29 is 19.1 Å². The van der Waals surface area contributed by atoms with Crippen LogP contribution < -0.4 is 5.32 Å². The lowest BCUT2D eigenvalue weighted by Crippen LogP contribution is -2.35. The zero-order valence-corrected chi connectivity index (χ0v) is 19.5. The number of halogens is 2. The smallest absolute Gasteiger partial charge is 0.308 e. The summed E-state index contributed by atoms with van der Waals surface area (Å²) in [4.78, 5) is 31.5. The number of nitrogens with zero attached hydrogens (tertiary/aromatic N) is 3. The van der Waals surface area contributed by atoms with E-state index in [1.807, 2.05) is 0 Å². The molecule has 0 aliphatic heterocycles. The zero-order valence-electron chi connectivity index (χ0n) is 18.0. The summed E-state index contributed by atoms with van der Waals surface area (Å²) in [5, 5.41) is 22.0. The molecule has 176 valence electrons. The summed E-state index contributed by atoms with van der Waals surface area (Å²) in [6, 6.07) is 14.0. The number of nitriles is 1. The summed E-state index contributed by atoms with van der Waals surface area (Å²) < 4.78 is 5.84. The van der Waals surface area contributed by atoms with Crippen molar-refractivity contribution in [3.63, 3.8) is 0 Å². The molecule has 0 radical (unpaired) electrons. The van der Waals surface area contributed by atoms with Crippen LogP contribution in [-0.2, 0) is 4.84 Å². The van der Waals surface area contributed by atoms with Crippen LogP contribution in [0.25, 0.3) is 22.6 Å². The maximum Gasteiger partial charge on any atom is 0.308 e. The van der Waals surface area contributed by atoms with Crippen LogP contribution in [0.4, 0.5) is 0 Å². The molecule has 35 heavy (non-hydrogen) atoms. The molecule has 0 bridgehead atoms. The molecule has 1 heterocycles. The van der Waals surface area contributed by atoms with Crippen LogP contribution in [0.1, 0.15) is 35.5 Å². The number of aromatic nitrogens is 1. The van der Waals surface area contributed by atoms with Gasteiger partial charge in [0.05, 0.1) is 11.1 Å². The van der Waals surface area contributed by atoms with Gasteiger partial charge < -0.3 is 14.6 Å². The van der Waals surface area contributed by atoms with Crippen molar-refractivity contribution >= 4 is 29.1 Å². The Balaban J connectivity index is 1.64. The summed E-state index contributed by atoms with van der Waals surface area (Å²) in [6.45, 7) is -0.111. The number of nitrogens with one attached hydrogen (secondary N) is 1. The standard InChI is InChI=1S/C24H16Cl2N4O5/c25-17-8-9-18(19(26)13-17)21-20(28-23(35-21)22(31)29-24(14-27)10-11-24)16-6-4-15(5-7-16)3-1-2-12-34-30(32)33/h4-9,13H,2,10-12H2,(H,29,31). The van der Waals surface area contributed by atoms with Gasteiger partial charge in [-0.15, -0.1) is 10.1 Å². The minimum absolute atomic E-state index is 0.111. The van der Waals surface area contributed by atoms with Crippen LogP contribution in [0.2, 0.25) is 10.0 Å². The minimum Gasteiger partial charge on any atom is -0.432 e. The second kappa shape index (κ2) is 10.1. The van der Waals surface area contributed by atoms with Crippen molar-refractivity contribution in [2.24, 2.45) is 0 Å². The van der Waals surface area contributed by atoms with E-state index < -0.39 is 16.5 Å². The van der Waals surface area contributed by atoms with Gasteiger partial charge in [-0.3, -0.25) is 4.79 Å². The third kappa shape index (κ3) is 5.72. The monoisotopic (exact) mass is 510 g/mol. The average molecular weight is 511 g/mol. The van der Waals surface area contributed by atoms with Gasteiger partial charge in [0, 0.05) is 28.1 Å². The Kier molecular flexibility index (Phi) is 6.92. The van der Waals surface area contributed by atoms with Crippen molar-refractivity contribution in [2.75, 3.05) is 6.61 Å². The number of carbonyl (C=O) groups is 1. The molecule has 1 amide bonds. The quantitative estimate of drug-likeness (QED) is 0.203. The molecule has 1 aliphatic carbocycles. The summed E-state index contributed by atoms with van der Waals surface area (Å²) >= 11 is 12.4. The Labute approximate surface area is 209 Å². The number of carbonyl (C=O) groups excluding carboxylic acids is 1. The van der Waals surface area contributed by atoms with Gasteiger partial charge in [0.15, 0.2) is 5.76 Å². The lowest BCUT2D eigenvalue weighted by molar-refractivity contribution is -0.757. The second-order valence-corrected chi connectivity index (χ2v) is 8.50. The van der Waals surface area contributed by atoms with E-state index in [1.165, 1.54) is 0 Å². The van der Waals surface area contributed by atoms with Crippen molar-refractivity contribution in [2.45, 2.75) is 24.8 Å². The van der Waals surface area contributed by atoms with Crippen molar-refractivity contribution in [3.05, 3.63) is 74.1 Å². The highest BCUT2D eigenvalue weighted by atomic mass is 35.5. The highest BCUT2D eigenvalue weighted by Crippen LogP contribution is 2.39. The van der Waals surface area contributed by atoms with Gasteiger partial charge in [-0.05, 0) is 43.2 Å². The third-order valence-corrected chi connectivity index (χ3v) is 5.68. The highest BCUT2D eigenvalue weighted by molar-refractivity contribution is 6.36. The van der Waals surface area contributed by atoms with Crippen molar-refractivity contribution in [1.82, 2.24) is 10.3 Å². The Morgan fingerprint density at radius 2 is 2.00 bits per heavy atom. The number of rotatable bonds is 7. The van der Waals surface area contributed by atoms with Crippen molar-refractivity contribution in [3.8, 4) is 40.5 Å². The summed E-state index contributed by atoms with van der Waals surface area (Å²) in [7, 11) is 0. The first kappa shape index (κ1) is 24.1. The first-order valence-electron chi connectivity index (χ1n) is 10.4. The molecule has 1 fully saturated rings. The maximum absolute atomic E-state index is 12.8. The van der Waals surface area contributed by atoms with Gasteiger partial charge in [-0.25, -0.2) is 4.98 Å². The maximum atomic E-state index is 12.8. The molecule has 1 aromatic heterocycles. The molecule has 1 N–H and O–H groups in total. The normalized spacial score (nSPS) is 13.2. The summed E-state index contributed by atoms with van der Waals surface area (Å²) in [6.07, 6.45) is 1.34. The first-order chi connectivity index (χ1) is 16.8. The molecule has 11 heteroatoms. The predicted molar refractivity (Wildman–Crippen MR) is 127 cm³/mol. The van der Waals surface area contributed by atoms with Crippen LogP contribution in [-0.4, -0.2) is 28.1 Å². The molecule has 0 atom stereocenters. The SMILES string of the molecule is N#CC1(NC(=O)c2nc(-c3ccc(C#CCCO[N+](=O)[O-])cc3)c(-c3ccc(Cl)cc3Cl)o2)CC1. The molecule has 2 aromatic carbocycles. The number of hydrogen-bond acceptors (Lipinski definition) is 7. The van der Waals surface area contributed by atoms with Crippen molar-refractivity contribution in [1.29, 1.82) is 5.26 Å². The number of amides is 1. The fraction of sp³-hybridized carbons (Fsp3) is 0.208. The number of benzene rings is 2. The molecular weight excluding hydrogens is 495 g/mol. The Hall–Kier alpha value is -4.05. The predicted octanol–water partition coefficient (Wildman–Crippen LogP) is 5.05. The van der Waals surface area contributed by atoms with E-state index in [1.54, 1.807) is 42.5 Å². The molecule has 3 aromatic rings. The molecule has 1 saturated carbocycles. The average Bonchev–Trinajstić information content (AvgIpc) is 3.46. The lowest BCUT2D eigenvalue weighted by atomic mass is 10.0. The van der Waals surface area contributed by atoms with E-state index in [4.69, 9.17) is 27.6 Å². The fourth-order valence-corrected chi connectivity index (χ4v) is 3.67. The summed E-state index contributed by atoms with van der Waals surface area (Å²) in [5.41, 5.74) is 1.30. The van der Waals surface area contributed by atoms with Crippen LogP contribution >= 0.6 is 23.2 Å². The van der Waals surface area contributed by atoms with Gasteiger partial charge in [-0.1, -0.05) is 47.2 Å². The number of hydrogen-bond donors (Lipinski definition) is 1. The highest BCUT2D eigenvalue weighted by Gasteiger charge is 2.45. The molecule has 0 saturated heterocycles. The van der Waals surface area contributed by atoms with E-state index >= 15 is 0 Å². The topological polar surface area (TPSA) is 131 Å². The van der Waals surface area contributed by atoms with Gasteiger partial charge in [0.2, 0.25) is 0 Å². The van der Waals surface area contributed by atoms with Crippen LogP contribution in [0.3, 0.4) is 0 Å².